The van der Waals surface area contributed by atoms with Crippen molar-refractivity contribution in [2.45, 2.75) is 25.7 Å². The Kier molecular flexibility index (Phi) is 6.35. The third-order valence-corrected chi connectivity index (χ3v) is 6.42. The Balaban J connectivity index is 1.79. The zero-order valence-electron chi connectivity index (χ0n) is 18.5. The molecule has 8 nitrogen and oxygen atoms in total. The maximum absolute atomic E-state index is 12.9. The van der Waals surface area contributed by atoms with Crippen molar-refractivity contribution >= 4 is 33.0 Å². The van der Waals surface area contributed by atoms with Gasteiger partial charge in [-0.05, 0) is 68.3 Å². The van der Waals surface area contributed by atoms with Gasteiger partial charge < -0.3 is 15.0 Å². The van der Waals surface area contributed by atoms with E-state index in [1.54, 1.807) is 50.4 Å². The van der Waals surface area contributed by atoms with E-state index in [0.717, 1.165) is 17.1 Å². The highest BCUT2D eigenvalue weighted by Crippen LogP contribution is 2.28. The number of methoxy groups -OCH3 is 1. The van der Waals surface area contributed by atoms with E-state index in [2.05, 4.69) is 20.0 Å². The number of benzene rings is 2. The number of ether oxygens (including phenoxy) is 1. The van der Waals surface area contributed by atoms with Crippen LogP contribution in [0.4, 0.5) is 23.0 Å². The zero-order valence-corrected chi connectivity index (χ0v) is 19.3. The number of aromatic nitrogens is 2. The molecule has 0 bridgehead atoms. The van der Waals surface area contributed by atoms with Crippen molar-refractivity contribution in [1.82, 2.24) is 9.97 Å². The van der Waals surface area contributed by atoms with Gasteiger partial charge in [0.25, 0.3) is 10.0 Å². The molecule has 0 spiro atoms. The van der Waals surface area contributed by atoms with Gasteiger partial charge in [-0.1, -0.05) is 0 Å². The molecule has 0 aliphatic carbocycles. The third-order valence-electron chi connectivity index (χ3n) is 4.89. The molecule has 0 atom stereocenters. The number of anilines is 4. The van der Waals surface area contributed by atoms with E-state index in [1.807, 2.05) is 38.9 Å². The van der Waals surface area contributed by atoms with Crippen molar-refractivity contribution in [3.05, 3.63) is 59.4 Å². The molecule has 1 heterocycles. The highest BCUT2D eigenvalue weighted by molar-refractivity contribution is 7.92. The fourth-order valence-electron chi connectivity index (χ4n) is 3.11. The molecule has 0 aliphatic heterocycles. The zero-order chi connectivity index (χ0) is 22.8. The average molecular weight is 442 g/mol. The van der Waals surface area contributed by atoms with Gasteiger partial charge >= 0.3 is 0 Å². The Hall–Kier alpha value is -3.33. The molecule has 3 rings (SSSR count). The van der Waals surface area contributed by atoms with E-state index < -0.39 is 10.0 Å². The van der Waals surface area contributed by atoms with E-state index in [1.165, 1.54) is 0 Å². The summed E-state index contributed by atoms with van der Waals surface area (Å²) in [5.74, 6) is 2.77. The van der Waals surface area contributed by atoms with Crippen LogP contribution < -0.4 is 19.7 Å². The molecule has 0 saturated heterocycles. The third kappa shape index (κ3) is 5.05. The number of hydrogen-bond donors (Lipinski definition) is 2. The largest absolute Gasteiger partial charge is 0.496 e. The van der Waals surface area contributed by atoms with Gasteiger partial charge in [-0.25, -0.2) is 18.4 Å². The standard InChI is InChI=1S/C22H27N5O3S/c1-14-15(2)20(12-11-19(14)30-6)31(28,29)26-18-9-7-17(8-10-18)25-21-13-22(27(4)5)24-16(3)23-21/h7-13,26H,1-6H3,(H,23,24,25). The molecule has 2 aromatic carbocycles. The molecule has 0 amide bonds. The van der Waals surface area contributed by atoms with E-state index in [4.69, 9.17) is 4.74 Å². The van der Waals surface area contributed by atoms with E-state index in [0.29, 0.717) is 28.6 Å². The second-order valence-electron chi connectivity index (χ2n) is 7.38. The van der Waals surface area contributed by atoms with Crippen LogP contribution >= 0.6 is 0 Å². The van der Waals surface area contributed by atoms with Gasteiger partial charge in [0, 0.05) is 31.5 Å². The lowest BCUT2D eigenvalue weighted by atomic mass is 10.1. The fourth-order valence-corrected chi connectivity index (χ4v) is 4.47. The molecule has 0 radical (unpaired) electrons. The van der Waals surface area contributed by atoms with Crippen LogP contribution in [0.3, 0.4) is 0 Å². The molecule has 164 valence electrons. The van der Waals surface area contributed by atoms with Crippen molar-refractivity contribution in [2.75, 3.05) is 36.1 Å². The Morgan fingerprint density at radius 1 is 0.903 bits per heavy atom. The van der Waals surface area contributed by atoms with Crippen LogP contribution in [0.5, 0.6) is 5.75 Å². The number of aryl methyl sites for hydroxylation is 1. The van der Waals surface area contributed by atoms with Crippen molar-refractivity contribution in [2.24, 2.45) is 0 Å². The normalized spacial score (nSPS) is 11.2. The molecule has 31 heavy (non-hydrogen) atoms. The first-order valence-corrected chi connectivity index (χ1v) is 11.2. The highest BCUT2D eigenvalue weighted by Gasteiger charge is 2.19. The molecule has 1 aromatic heterocycles. The first-order valence-electron chi connectivity index (χ1n) is 9.68. The molecule has 2 N–H and O–H groups in total. The summed E-state index contributed by atoms with van der Waals surface area (Å²) >= 11 is 0. The summed E-state index contributed by atoms with van der Waals surface area (Å²) < 4.78 is 33.7. The molecular formula is C22H27N5O3S. The SMILES string of the molecule is COc1ccc(S(=O)(=O)Nc2ccc(Nc3cc(N(C)C)nc(C)n3)cc2)c(C)c1C. The van der Waals surface area contributed by atoms with Gasteiger partial charge in [0.15, 0.2) is 0 Å². The number of hydrogen-bond acceptors (Lipinski definition) is 7. The minimum atomic E-state index is -3.74. The lowest BCUT2D eigenvalue weighted by Gasteiger charge is -2.15. The van der Waals surface area contributed by atoms with Gasteiger partial charge in [-0.15, -0.1) is 0 Å². The fraction of sp³-hybridized carbons (Fsp3) is 0.273. The van der Waals surface area contributed by atoms with Gasteiger partial charge in [0.05, 0.1) is 12.0 Å². The van der Waals surface area contributed by atoms with Crippen LogP contribution in [0.15, 0.2) is 47.4 Å². The number of rotatable bonds is 7. The van der Waals surface area contributed by atoms with Crippen LogP contribution in [0.1, 0.15) is 17.0 Å². The molecular weight excluding hydrogens is 414 g/mol. The summed E-state index contributed by atoms with van der Waals surface area (Å²) in [6.07, 6.45) is 0. The summed E-state index contributed by atoms with van der Waals surface area (Å²) in [6.45, 7) is 5.44. The van der Waals surface area contributed by atoms with Crippen LogP contribution in [0.2, 0.25) is 0 Å². The minimum Gasteiger partial charge on any atom is -0.496 e. The van der Waals surface area contributed by atoms with Crippen LogP contribution in [0.25, 0.3) is 0 Å². The van der Waals surface area contributed by atoms with Crippen molar-refractivity contribution < 1.29 is 13.2 Å². The Bertz CT molecular complexity index is 1190. The summed E-state index contributed by atoms with van der Waals surface area (Å²) in [5, 5.41) is 3.22. The van der Waals surface area contributed by atoms with E-state index in [9.17, 15) is 8.42 Å². The second-order valence-corrected chi connectivity index (χ2v) is 9.03. The Morgan fingerprint density at radius 3 is 2.16 bits per heavy atom. The molecule has 0 aliphatic rings. The van der Waals surface area contributed by atoms with Gasteiger partial charge in [0.2, 0.25) is 0 Å². The second kappa shape index (κ2) is 8.81. The van der Waals surface area contributed by atoms with Crippen LogP contribution in [0, 0.1) is 20.8 Å². The predicted molar refractivity (Wildman–Crippen MR) is 124 cm³/mol. The highest BCUT2D eigenvalue weighted by atomic mass is 32.2. The molecule has 9 heteroatoms. The summed E-state index contributed by atoms with van der Waals surface area (Å²) in [4.78, 5) is 10.9. The van der Waals surface area contributed by atoms with Crippen molar-refractivity contribution in [3.8, 4) is 5.75 Å². The van der Waals surface area contributed by atoms with Crippen molar-refractivity contribution in [3.63, 3.8) is 0 Å². The van der Waals surface area contributed by atoms with Gasteiger partial charge in [-0.3, -0.25) is 4.72 Å². The minimum absolute atomic E-state index is 0.223. The first kappa shape index (κ1) is 22.4. The van der Waals surface area contributed by atoms with Crippen molar-refractivity contribution in [1.29, 1.82) is 0 Å². The maximum atomic E-state index is 12.9. The van der Waals surface area contributed by atoms with E-state index >= 15 is 0 Å². The molecule has 0 saturated carbocycles. The maximum Gasteiger partial charge on any atom is 0.262 e. The summed E-state index contributed by atoms with van der Waals surface area (Å²) in [5.41, 5.74) is 2.69. The first-order chi connectivity index (χ1) is 14.6. The van der Waals surface area contributed by atoms with Crippen LogP contribution in [-0.2, 0) is 10.0 Å². The molecule has 0 unspecified atom stereocenters. The van der Waals surface area contributed by atoms with Crippen LogP contribution in [-0.4, -0.2) is 39.6 Å². The monoisotopic (exact) mass is 441 g/mol. The van der Waals surface area contributed by atoms with Gasteiger partial charge in [-0.2, -0.15) is 0 Å². The van der Waals surface area contributed by atoms with E-state index in [-0.39, 0.29) is 4.90 Å². The molecule has 0 fully saturated rings. The lowest BCUT2D eigenvalue weighted by molar-refractivity contribution is 0.411. The number of nitrogens with one attached hydrogen (secondary N) is 2. The topological polar surface area (TPSA) is 96.5 Å². The Labute approximate surface area is 183 Å². The number of sulfonamides is 1. The lowest BCUT2D eigenvalue weighted by Crippen LogP contribution is -2.15. The smallest absolute Gasteiger partial charge is 0.262 e. The quantitative estimate of drug-likeness (QED) is 0.572. The molecule has 3 aromatic rings. The summed E-state index contributed by atoms with van der Waals surface area (Å²) in [6, 6.07) is 12.0. The average Bonchev–Trinajstić information content (AvgIpc) is 2.70. The number of nitrogens with zero attached hydrogens (tertiary/aromatic N) is 3. The van der Waals surface area contributed by atoms with Gasteiger partial charge in [0.1, 0.15) is 23.2 Å². The predicted octanol–water partition coefficient (Wildman–Crippen LogP) is 4.02. The Morgan fingerprint density at radius 2 is 1.55 bits per heavy atom. The summed E-state index contributed by atoms with van der Waals surface area (Å²) in [7, 11) is 1.66.